The maximum Gasteiger partial charge on any atom is 0.321 e. The molecule has 0 spiro atoms. The lowest BCUT2D eigenvalue weighted by Gasteiger charge is -2.32. The van der Waals surface area contributed by atoms with Gasteiger partial charge in [-0.3, -0.25) is 0 Å². The van der Waals surface area contributed by atoms with Crippen molar-refractivity contribution in [2.24, 2.45) is 0 Å². The molecule has 160 valence electrons. The van der Waals surface area contributed by atoms with Crippen LogP contribution in [0.5, 0.6) is 17.2 Å². The number of hydrogen-bond donors (Lipinski definition) is 1. The van der Waals surface area contributed by atoms with E-state index in [-0.39, 0.29) is 18.0 Å². The van der Waals surface area contributed by atoms with Crippen molar-refractivity contribution in [2.75, 3.05) is 44.8 Å². The molecule has 0 aromatic heterocycles. The number of nitrogens with zero attached hydrogens (tertiary/aromatic N) is 1. The van der Waals surface area contributed by atoms with Crippen LogP contribution in [-0.4, -0.2) is 56.6 Å². The number of carbonyl (C=O) groups excluding carboxylic acids is 1. The number of urea groups is 1. The fourth-order valence-corrected chi connectivity index (χ4v) is 3.45. The molecule has 2 heterocycles. The van der Waals surface area contributed by atoms with Crippen molar-refractivity contribution in [3.63, 3.8) is 0 Å². The normalized spacial score (nSPS) is 16.2. The van der Waals surface area contributed by atoms with E-state index in [2.05, 4.69) is 5.32 Å². The summed E-state index contributed by atoms with van der Waals surface area (Å²) in [6.07, 6.45) is 1.64. The number of anilines is 1. The fraction of sp³-hybridized carbons (Fsp3) is 0.409. The predicted molar refractivity (Wildman–Crippen MR) is 109 cm³/mol. The average Bonchev–Trinajstić information content (AvgIpc) is 2.78. The third-order valence-electron chi connectivity index (χ3n) is 5.04. The topological polar surface area (TPSA) is 69.3 Å². The molecule has 2 aliphatic heterocycles. The number of fused-ring (bicyclic) bond motifs is 1. The summed E-state index contributed by atoms with van der Waals surface area (Å²) in [5.74, 6) is 1.67. The fourth-order valence-electron chi connectivity index (χ4n) is 3.45. The SMILES string of the molecule is O=C(Nc1ccc2c(c1)OCCO2)N1CCC(OCCOc2ccc(F)cc2)CC1. The van der Waals surface area contributed by atoms with Crippen molar-refractivity contribution in [1.82, 2.24) is 4.90 Å². The van der Waals surface area contributed by atoms with Crippen LogP contribution in [0.3, 0.4) is 0 Å². The summed E-state index contributed by atoms with van der Waals surface area (Å²) in [6.45, 7) is 3.14. The number of carbonyl (C=O) groups is 1. The molecule has 0 atom stereocenters. The van der Waals surface area contributed by atoms with Crippen LogP contribution in [-0.2, 0) is 4.74 Å². The summed E-state index contributed by atoms with van der Waals surface area (Å²) < 4.78 is 35.3. The largest absolute Gasteiger partial charge is 0.491 e. The number of halogens is 1. The van der Waals surface area contributed by atoms with Gasteiger partial charge in [-0.25, -0.2) is 9.18 Å². The molecule has 1 saturated heterocycles. The number of piperidine rings is 1. The van der Waals surface area contributed by atoms with E-state index in [1.165, 1.54) is 12.1 Å². The number of ether oxygens (including phenoxy) is 4. The Kier molecular flexibility index (Phi) is 6.53. The number of likely N-dealkylation sites (tertiary alicyclic amines) is 1. The third kappa shape index (κ3) is 5.33. The van der Waals surface area contributed by atoms with Crippen molar-refractivity contribution in [1.29, 1.82) is 0 Å². The number of rotatable bonds is 6. The number of amides is 2. The lowest BCUT2D eigenvalue weighted by Crippen LogP contribution is -2.43. The summed E-state index contributed by atoms with van der Waals surface area (Å²) >= 11 is 0. The standard InChI is InChI=1S/C22H25FN2O5/c23-16-1-4-18(5-2-16)27-11-12-28-19-7-9-25(10-8-19)22(26)24-17-3-6-20-21(15-17)30-14-13-29-20/h1-6,15,19H,7-14H2,(H,24,26). The van der Waals surface area contributed by atoms with Crippen molar-refractivity contribution < 1.29 is 28.1 Å². The van der Waals surface area contributed by atoms with Gasteiger partial charge in [-0.2, -0.15) is 0 Å². The minimum absolute atomic E-state index is 0.0974. The Labute approximate surface area is 174 Å². The van der Waals surface area contributed by atoms with Crippen LogP contribution in [0.4, 0.5) is 14.9 Å². The zero-order chi connectivity index (χ0) is 20.8. The van der Waals surface area contributed by atoms with Gasteiger partial charge >= 0.3 is 6.03 Å². The Bertz CT molecular complexity index is 853. The van der Waals surface area contributed by atoms with E-state index in [1.807, 2.05) is 6.07 Å². The molecule has 2 aromatic rings. The highest BCUT2D eigenvalue weighted by molar-refractivity contribution is 5.89. The van der Waals surface area contributed by atoms with Gasteiger partial charge in [0.25, 0.3) is 0 Å². The van der Waals surface area contributed by atoms with Gasteiger partial charge in [0.1, 0.15) is 31.4 Å². The smallest absolute Gasteiger partial charge is 0.321 e. The first-order valence-corrected chi connectivity index (χ1v) is 10.1. The Morgan fingerprint density at radius 2 is 1.77 bits per heavy atom. The lowest BCUT2D eigenvalue weighted by atomic mass is 10.1. The first-order chi connectivity index (χ1) is 14.7. The molecule has 2 amide bonds. The second-order valence-corrected chi connectivity index (χ2v) is 7.15. The van der Waals surface area contributed by atoms with Crippen molar-refractivity contribution >= 4 is 11.7 Å². The van der Waals surface area contributed by atoms with E-state index in [4.69, 9.17) is 18.9 Å². The number of hydrogen-bond acceptors (Lipinski definition) is 5. The van der Waals surface area contributed by atoms with Gasteiger partial charge in [0, 0.05) is 24.8 Å². The summed E-state index contributed by atoms with van der Waals surface area (Å²) in [4.78, 5) is 14.3. The average molecular weight is 416 g/mol. The van der Waals surface area contributed by atoms with Gasteiger partial charge in [0.05, 0.1) is 12.7 Å². The second-order valence-electron chi connectivity index (χ2n) is 7.15. The van der Waals surface area contributed by atoms with Gasteiger partial charge in [-0.15, -0.1) is 0 Å². The molecule has 4 rings (SSSR count). The summed E-state index contributed by atoms with van der Waals surface area (Å²) in [6, 6.07) is 11.2. The molecule has 0 aliphatic carbocycles. The number of benzene rings is 2. The molecule has 1 N–H and O–H groups in total. The van der Waals surface area contributed by atoms with Crippen LogP contribution < -0.4 is 19.5 Å². The number of nitrogens with one attached hydrogen (secondary N) is 1. The first kappa shape index (κ1) is 20.3. The van der Waals surface area contributed by atoms with Crippen LogP contribution in [0.1, 0.15) is 12.8 Å². The molecule has 7 nitrogen and oxygen atoms in total. The van der Waals surface area contributed by atoms with Gasteiger partial charge < -0.3 is 29.2 Å². The van der Waals surface area contributed by atoms with E-state index < -0.39 is 0 Å². The Morgan fingerprint density at radius 1 is 1.03 bits per heavy atom. The van der Waals surface area contributed by atoms with Gasteiger partial charge in [-0.1, -0.05) is 0 Å². The van der Waals surface area contributed by atoms with E-state index >= 15 is 0 Å². The first-order valence-electron chi connectivity index (χ1n) is 10.1. The maximum absolute atomic E-state index is 12.9. The molecular weight excluding hydrogens is 391 g/mol. The van der Waals surface area contributed by atoms with Gasteiger partial charge in [0.15, 0.2) is 11.5 Å². The van der Waals surface area contributed by atoms with Crippen molar-refractivity contribution in [3.8, 4) is 17.2 Å². The summed E-state index contributed by atoms with van der Waals surface area (Å²) in [5, 5.41) is 2.91. The van der Waals surface area contributed by atoms with Crippen LogP contribution in [0.15, 0.2) is 42.5 Å². The molecule has 0 saturated carbocycles. The predicted octanol–water partition coefficient (Wildman–Crippen LogP) is 3.69. The molecule has 8 heteroatoms. The molecule has 30 heavy (non-hydrogen) atoms. The maximum atomic E-state index is 12.9. The van der Waals surface area contributed by atoms with Crippen LogP contribution in [0.2, 0.25) is 0 Å². The highest BCUT2D eigenvalue weighted by Gasteiger charge is 2.23. The molecule has 0 unspecified atom stereocenters. The van der Waals surface area contributed by atoms with Crippen molar-refractivity contribution in [3.05, 3.63) is 48.3 Å². The highest BCUT2D eigenvalue weighted by atomic mass is 19.1. The Morgan fingerprint density at radius 3 is 2.53 bits per heavy atom. The van der Waals surface area contributed by atoms with Gasteiger partial charge in [0.2, 0.25) is 0 Å². The summed E-state index contributed by atoms with van der Waals surface area (Å²) in [7, 11) is 0. The monoisotopic (exact) mass is 416 g/mol. The molecular formula is C22H25FN2O5. The van der Waals surface area contributed by atoms with Crippen molar-refractivity contribution in [2.45, 2.75) is 18.9 Å². The molecule has 0 bridgehead atoms. The van der Waals surface area contributed by atoms with Crippen LogP contribution >= 0.6 is 0 Å². The Hall–Kier alpha value is -3.00. The molecule has 1 fully saturated rings. The minimum Gasteiger partial charge on any atom is -0.491 e. The molecule has 2 aliphatic rings. The zero-order valence-corrected chi connectivity index (χ0v) is 16.6. The second kappa shape index (κ2) is 9.67. The highest BCUT2D eigenvalue weighted by Crippen LogP contribution is 2.32. The van der Waals surface area contributed by atoms with E-state index in [1.54, 1.807) is 29.2 Å². The van der Waals surface area contributed by atoms with Crippen LogP contribution in [0, 0.1) is 5.82 Å². The van der Waals surface area contributed by atoms with E-state index in [0.29, 0.717) is 62.5 Å². The van der Waals surface area contributed by atoms with Crippen LogP contribution in [0.25, 0.3) is 0 Å². The van der Waals surface area contributed by atoms with E-state index in [9.17, 15) is 9.18 Å². The Balaban J connectivity index is 1.16. The quantitative estimate of drug-likeness (QED) is 0.728. The lowest BCUT2D eigenvalue weighted by molar-refractivity contribution is 0.00271. The zero-order valence-electron chi connectivity index (χ0n) is 16.6. The molecule has 0 radical (unpaired) electrons. The minimum atomic E-state index is -0.289. The van der Waals surface area contributed by atoms with Gasteiger partial charge in [-0.05, 0) is 49.2 Å². The third-order valence-corrected chi connectivity index (χ3v) is 5.04. The summed E-state index contributed by atoms with van der Waals surface area (Å²) in [5.41, 5.74) is 0.681. The molecule has 2 aromatic carbocycles. The van der Waals surface area contributed by atoms with E-state index in [0.717, 1.165) is 12.8 Å².